The average molecular weight is 544 g/mol. The van der Waals surface area contributed by atoms with Crippen molar-refractivity contribution in [1.82, 2.24) is 20.2 Å². The Morgan fingerprint density at radius 1 is 0.850 bits per heavy atom. The van der Waals surface area contributed by atoms with Crippen LogP contribution < -0.4 is 5.32 Å². The summed E-state index contributed by atoms with van der Waals surface area (Å²) in [4.78, 5) is 21.3. The van der Waals surface area contributed by atoms with Crippen LogP contribution in [-0.2, 0) is 11.2 Å². The average Bonchev–Trinajstić information content (AvgIpc) is 3.71. The summed E-state index contributed by atoms with van der Waals surface area (Å²) < 4.78 is 13.7. The van der Waals surface area contributed by atoms with E-state index in [9.17, 15) is 9.18 Å². The third-order valence-corrected chi connectivity index (χ3v) is 7.79. The Hall–Kier alpha value is -5.08. The van der Waals surface area contributed by atoms with Gasteiger partial charge in [-0.15, -0.1) is 11.3 Å². The van der Waals surface area contributed by atoms with Crippen molar-refractivity contribution in [2.45, 2.75) is 6.42 Å². The Kier molecular flexibility index (Phi) is 5.94. The number of aromatic nitrogens is 4. The van der Waals surface area contributed by atoms with Gasteiger partial charge in [0.15, 0.2) is 5.13 Å². The predicted molar refractivity (Wildman–Crippen MR) is 159 cm³/mol. The number of nitrogens with zero attached hydrogens (tertiary/aromatic N) is 2. The van der Waals surface area contributed by atoms with Crippen LogP contribution in [0.2, 0.25) is 0 Å². The van der Waals surface area contributed by atoms with E-state index in [2.05, 4.69) is 37.6 Å². The molecule has 0 spiro atoms. The van der Waals surface area contributed by atoms with E-state index in [-0.39, 0.29) is 11.0 Å². The van der Waals surface area contributed by atoms with Crippen LogP contribution in [0.1, 0.15) is 5.56 Å². The molecule has 0 aliphatic carbocycles. The molecule has 0 bridgehead atoms. The van der Waals surface area contributed by atoms with E-state index >= 15 is 0 Å². The molecular formula is C32H22FN5OS. The molecule has 1 amide bonds. The highest BCUT2D eigenvalue weighted by atomic mass is 32.1. The molecule has 0 atom stereocenters. The van der Waals surface area contributed by atoms with Crippen LogP contribution in [0.25, 0.3) is 54.8 Å². The minimum Gasteiger partial charge on any atom is -0.353 e. The van der Waals surface area contributed by atoms with Crippen LogP contribution in [0.15, 0.2) is 103 Å². The summed E-state index contributed by atoms with van der Waals surface area (Å²) in [5.74, 6) is -0.0961. The lowest BCUT2D eigenvalue weighted by atomic mass is 10.0. The van der Waals surface area contributed by atoms with Crippen LogP contribution in [-0.4, -0.2) is 26.1 Å². The van der Waals surface area contributed by atoms with E-state index in [4.69, 9.17) is 0 Å². The van der Waals surface area contributed by atoms with Crippen LogP contribution in [0, 0.1) is 5.13 Å². The number of rotatable bonds is 6. The molecule has 3 aromatic carbocycles. The number of H-pyrrole nitrogens is 2. The Balaban J connectivity index is 1.21. The van der Waals surface area contributed by atoms with Crippen LogP contribution in [0.4, 0.5) is 10.1 Å². The summed E-state index contributed by atoms with van der Waals surface area (Å²) in [5, 5.41) is 12.5. The number of nitrogens with one attached hydrogen (secondary N) is 3. The first-order valence-corrected chi connectivity index (χ1v) is 13.6. The third-order valence-electron chi connectivity index (χ3n) is 6.88. The molecule has 4 heterocycles. The van der Waals surface area contributed by atoms with Gasteiger partial charge in [-0.2, -0.15) is 9.49 Å². The molecule has 0 fully saturated rings. The lowest BCUT2D eigenvalue weighted by Crippen LogP contribution is -2.14. The van der Waals surface area contributed by atoms with Crippen molar-refractivity contribution >= 4 is 44.7 Å². The summed E-state index contributed by atoms with van der Waals surface area (Å²) >= 11 is 1.13. The third kappa shape index (κ3) is 4.54. The smallest absolute Gasteiger partial charge is 0.228 e. The van der Waals surface area contributed by atoms with E-state index in [1.54, 1.807) is 12.4 Å². The minimum absolute atomic E-state index is 0.0961. The normalized spacial score (nSPS) is 11.3. The molecule has 7 aromatic rings. The number of aromatic amines is 2. The van der Waals surface area contributed by atoms with E-state index in [1.165, 1.54) is 6.07 Å². The monoisotopic (exact) mass is 543 g/mol. The number of pyridine rings is 1. The fraction of sp³-hybridized carbons (Fsp3) is 0.0312. The zero-order valence-corrected chi connectivity index (χ0v) is 21.9. The first-order valence-electron chi connectivity index (χ1n) is 12.8. The number of carbonyl (C=O) groups excluding carboxylic acids is 1. The number of amides is 1. The van der Waals surface area contributed by atoms with Crippen molar-refractivity contribution in [3.05, 3.63) is 114 Å². The molecule has 0 saturated carbocycles. The van der Waals surface area contributed by atoms with Gasteiger partial charge in [0.2, 0.25) is 5.91 Å². The Morgan fingerprint density at radius 2 is 1.75 bits per heavy atom. The molecule has 194 valence electrons. The molecule has 0 radical (unpaired) electrons. The fourth-order valence-corrected chi connectivity index (χ4v) is 5.78. The lowest BCUT2D eigenvalue weighted by Gasteiger charge is -2.08. The zero-order chi connectivity index (χ0) is 27.1. The summed E-state index contributed by atoms with van der Waals surface area (Å²) in [6, 6.07) is 29.0. The zero-order valence-electron chi connectivity index (χ0n) is 21.1. The molecule has 0 unspecified atom stereocenters. The number of carbonyl (C=O) groups is 1. The van der Waals surface area contributed by atoms with Gasteiger partial charge < -0.3 is 10.3 Å². The second kappa shape index (κ2) is 9.91. The highest BCUT2D eigenvalue weighted by molar-refractivity contribution is 7.14. The number of benzene rings is 3. The first-order chi connectivity index (χ1) is 19.6. The van der Waals surface area contributed by atoms with E-state index in [0.29, 0.717) is 12.1 Å². The molecule has 0 saturated heterocycles. The maximum Gasteiger partial charge on any atom is 0.228 e. The fourth-order valence-electron chi connectivity index (χ4n) is 5.01. The molecule has 0 aliphatic rings. The topological polar surface area (TPSA) is 86.5 Å². The largest absolute Gasteiger partial charge is 0.353 e. The number of anilines is 1. The number of hydrogen-bond donors (Lipinski definition) is 3. The van der Waals surface area contributed by atoms with Gasteiger partial charge in [0, 0.05) is 38.5 Å². The lowest BCUT2D eigenvalue weighted by molar-refractivity contribution is -0.115. The van der Waals surface area contributed by atoms with Crippen LogP contribution in [0.5, 0.6) is 0 Å². The minimum atomic E-state index is -0.206. The number of hydrogen-bond acceptors (Lipinski definition) is 4. The molecular weight excluding hydrogens is 521 g/mol. The molecule has 7 rings (SSSR count). The number of halogens is 1. The van der Waals surface area contributed by atoms with Crippen LogP contribution in [0.3, 0.4) is 0 Å². The quantitative estimate of drug-likeness (QED) is 0.200. The molecule has 40 heavy (non-hydrogen) atoms. The van der Waals surface area contributed by atoms with Gasteiger partial charge in [0.25, 0.3) is 0 Å². The Labute approximate surface area is 232 Å². The van der Waals surface area contributed by atoms with Gasteiger partial charge in [-0.25, -0.2) is 0 Å². The van der Waals surface area contributed by atoms with Crippen molar-refractivity contribution in [1.29, 1.82) is 0 Å². The van der Waals surface area contributed by atoms with Gasteiger partial charge in [-0.3, -0.25) is 14.9 Å². The summed E-state index contributed by atoms with van der Waals surface area (Å²) in [7, 11) is 0. The summed E-state index contributed by atoms with van der Waals surface area (Å²) in [6.07, 6.45) is 3.72. The number of fused-ring (bicyclic) bond motifs is 2. The summed E-state index contributed by atoms with van der Waals surface area (Å²) in [6.45, 7) is 0. The SMILES string of the molecule is O=C(Cc1ccccc1)Nc1cncc(-c2ccc3[nH]nc(-c4cc5c(-c6ccc(F)s6)cccc5[nH]4)c3c2)c1. The van der Waals surface area contributed by atoms with Crippen molar-refractivity contribution in [2.24, 2.45) is 0 Å². The second-order valence-corrected chi connectivity index (χ2v) is 10.6. The van der Waals surface area contributed by atoms with E-state index in [1.807, 2.05) is 72.8 Å². The maximum atomic E-state index is 13.7. The highest BCUT2D eigenvalue weighted by Crippen LogP contribution is 2.37. The van der Waals surface area contributed by atoms with Gasteiger partial charge in [0.1, 0.15) is 5.69 Å². The van der Waals surface area contributed by atoms with Gasteiger partial charge in [-0.05, 0) is 53.6 Å². The Morgan fingerprint density at radius 3 is 2.60 bits per heavy atom. The molecule has 4 aromatic heterocycles. The Bertz CT molecular complexity index is 2010. The molecule has 6 nitrogen and oxygen atoms in total. The van der Waals surface area contributed by atoms with E-state index in [0.717, 1.165) is 71.7 Å². The second-order valence-electron chi connectivity index (χ2n) is 9.56. The van der Waals surface area contributed by atoms with Crippen molar-refractivity contribution < 1.29 is 9.18 Å². The predicted octanol–water partition coefficient (Wildman–Crippen LogP) is 7.82. The van der Waals surface area contributed by atoms with Gasteiger partial charge >= 0.3 is 0 Å². The number of thiophene rings is 1. The first kappa shape index (κ1) is 24.0. The highest BCUT2D eigenvalue weighted by Gasteiger charge is 2.15. The van der Waals surface area contributed by atoms with Gasteiger partial charge in [-0.1, -0.05) is 48.5 Å². The maximum absolute atomic E-state index is 13.7. The van der Waals surface area contributed by atoms with Crippen molar-refractivity contribution in [3.63, 3.8) is 0 Å². The van der Waals surface area contributed by atoms with Gasteiger partial charge in [0.05, 0.1) is 29.5 Å². The standard InChI is InChI=1S/C32H22FN5OS/c33-30-12-11-29(40-30)23-7-4-8-26-24(23)16-28(36-26)32-25-15-20(9-10-27(25)37-38-32)21-14-22(18-34-17-21)35-31(39)13-19-5-2-1-3-6-19/h1-12,14-18,36H,13H2,(H,35,39)(H,37,38). The molecule has 3 N–H and O–H groups in total. The molecule has 8 heteroatoms. The van der Waals surface area contributed by atoms with Crippen LogP contribution >= 0.6 is 11.3 Å². The molecule has 0 aliphatic heterocycles. The van der Waals surface area contributed by atoms with E-state index < -0.39 is 0 Å². The summed E-state index contributed by atoms with van der Waals surface area (Å²) in [5.41, 5.74) is 7.91. The van der Waals surface area contributed by atoms with Crippen molar-refractivity contribution in [2.75, 3.05) is 5.32 Å². The van der Waals surface area contributed by atoms with Crippen molar-refractivity contribution in [3.8, 4) is 33.0 Å².